The fraction of sp³-hybridized carbons (Fsp3) is 0.786. The van der Waals surface area contributed by atoms with E-state index in [-0.39, 0.29) is 5.91 Å². The number of aryl methyl sites for hydroxylation is 1. The van der Waals surface area contributed by atoms with Crippen molar-refractivity contribution < 1.29 is 4.79 Å². The fourth-order valence-electron chi connectivity index (χ4n) is 2.35. The molecule has 0 spiro atoms. The van der Waals surface area contributed by atoms with Crippen molar-refractivity contribution in [2.75, 3.05) is 13.1 Å². The molecule has 0 fully saturated rings. The molecule has 1 amide bonds. The quantitative estimate of drug-likeness (QED) is 0.670. The highest BCUT2D eigenvalue weighted by atomic mass is 16.1. The molecule has 6 nitrogen and oxygen atoms in total. The Kier molecular flexibility index (Phi) is 7.87. The maximum atomic E-state index is 11.8. The molecule has 0 saturated heterocycles. The van der Waals surface area contributed by atoms with Gasteiger partial charge in [0, 0.05) is 26.4 Å². The van der Waals surface area contributed by atoms with Crippen LogP contribution in [0.15, 0.2) is 6.33 Å². The van der Waals surface area contributed by atoms with Gasteiger partial charge in [-0.15, -0.1) is 10.2 Å². The molecular formula is C14H27N5O. The molecule has 1 unspecified atom stereocenters. The summed E-state index contributed by atoms with van der Waals surface area (Å²) >= 11 is 0. The second-order valence-corrected chi connectivity index (χ2v) is 5.23. The molecule has 1 heterocycles. The average Bonchev–Trinajstić information content (AvgIpc) is 2.82. The van der Waals surface area contributed by atoms with E-state index in [0.29, 0.717) is 31.8 Å². The fourth-order valence-corrected chi connectivity index (χ4v) is 2.35. The van der Waals surface area contributed by atoms with Crippen molar-refractivity contribution in [1.82, 2.24) is 20.1 Å². The Labute approximate surface area is 121 Å². The molecule has 0 bridgehead atoms. The van der Waals surface area contributed by atoms with Crippen LogP contribution >= 0.6 is 0 Å². The maximum absolute atomic E-state index is 11.8. The van der Waals surface area contributed by atoms with E-state index >= 15 is 0 Å². The summed E-state index contributed by atoms with van der Waals surface area (Å²) < 4.78 is 1.87. The topological polar surface area (TPSA) is 85.8 Å². The molecule has 3 N–H and O–H groups in total. The Morgan fingerprint density at radius 3 is 2.85 bits per heavy atom. The molecule has 0 aliphatic heterocycles. The third-order valence-corrected chi connectivity index (χ3v) is 3.53. The van der Waals surface area contributed by atoms with Crippen molar-refractivity contribution in [1.29, 1.82) is 0 Å². The van der Waals surface area contributed by atoms with Crippen LogP contribution in [0.3, 0.4) is 0 Å². The Balaban J connectivity index is 2.17. The van der Waals surface area contributed by atoms with E-state index in [2.05, 4.69) is 22.4 Å². The van der Waals surface area contributed by atoms with Crippen molar-refractivity contribution in [2.45, 2.75) is 45.4 Å². The molecule has 114 valence electrons. The minimum absolute atomic E-state index is 0.116. The van der Waals surface area contributed by atoms with Crippen molar-refractivity contribution >= 4 is 5.91 Å². The number of hydrogen-bond donors (Lipinski definition) is 2. The first-order chi connectivity index (χ1) is 9.67. The van der Waals surface area contributed by atoms with E-state index in [1.54, 1.807) is 6.33 Å². The Bertz CT molecular complexity index is 385. The van der Waals surface area contributed by atoms with E-state index in [0.717, 1.165) is 31.5 Å². The van der Waals surface area contributed by atoms with E-state index in [9.17, 15) is 4.79 Å². The van der Waals surface area contributed by atoms with Gasteiger partial charge in [-0.1, -0.05) is 19.8 Å². The lowest BCUT2D eigenvalue weighted by molar-refractivity contribution is -0.121. The third kappa shape index (κ3) is 6.14. The summed E-state index contributed by atoms with van der Waals surface area (Å²) in [6.45, 7) is 3.49. The zero-order valence-corrected chi connectivity index (χ0v) is 12.6. The van der Waals surface area contributed by atoms with Crippen molar-refractivity contribution in [3.05, 3.63) is 12.2 Å². The summed E-state index contributed by atoms with van der Waals surface area (Å²) in [7, 11) is 1.90. The molecule has 0 aliphatic rings. The minimum atomic E-state index is 0.116. The van der Waals surface area contributed by atoms with Crippen LogP contribution in [-0.4, -0.2) is 33.8 Å². The monoisotopic (exact) mass is 281 g/mol. The third-order valence-electron chi connectivity index (χ3n) is 3.53. The largest absolute Gasteiger partial charge is 0.356 e. The number of rotatable bonds is 10. The number of amides is 1. The Morgan fingerprint density at radius 2 is 2.25 bits per heavy atom. The molecule has 1 aromatic rings. The highest BCUT2D eigenvalue weighted by Gasteiger charge is 2.10. The van der Waals surface area contributed by atoms with Crippen molar-refractivity contribution in [2.24, 2.45) is 18.7 Å². The average molecular weight is 281 g/mol. The van der Waals surface area contributed by atoms with Crippen LogP contribution < -0.4 is 11.1 Å². The molecule has 0 aliphatic carbocycles. The molecule has 0 radical (unpaired) electrons. The Hall–Kier alpha value is -1.43. The van der Waals surface area contributed by atoms with Gasteiger partial charge in [0.15, 0.2) is 0 Å². The smallest absolute Gasteiger partial charge is 0.220 e. The first-order valence-corrected chi connectivity index (χ1v) is 7.47. The van der Waals surface area contributed by atoms with Gasteiger partial charge in [-0.05, 0) is 25.3 Å². The van der Waals surface area contributed by atoms with Gasteiger partial charge in [0.1, 0.15) is 12.2 Å². The van der Waals surface area contributed by atoms with Crippen LogP contribution in [0.2, 0.25) is 0 Å². The van der Waals surface area contributed by atoms with Crippen LogP contribution in [0.1, 0.15) is 44.9 Å². The van der Waals surface area contributed by atoms with Crippen LogP contribution in [0.5, 0.6) is 0 Å². The van der Waals surface area contributed by atoms with Crippen LogP contribution in [0.25, 0.3) is 0 Å². The zero-order chi connectivity index (χ0) is 14.8. The summed E-state index contributed by atoms with van der Waals surface area (Å²) in [5.74, 6) is 1.58. The lowest BCUT2D eigenvalue weighted by Gasteiger charge is -2.14. The van der Waals surface area contributed by atoms with Gasteiger partial charge < -0.3 is 15.6 Å². The molecule has 1 rings (SSSR count). The van der Waals surface area contributed by atoms with E-state index in [1.807, 2.05) is 11.6 Å². The number of nitrogens with two attached hydrogens (primary N) is 1. The van der Waals surface area contributed by atoms with Crippen LogP contribution in [0, 0.1) is 5.92 Å². The first kappa shape index (κ1) is 16.6. The zero-order valence-electron chi connectivity index (χ0n) is 12.6. The second-order valence-electron chi connectivity index (χ2n) is 5.23. The van der Waals surface area contributed by atoms with Gasteiger partial charge >= 0.3 is 0 Å². The molecule has 1 aromatic heterocycles. The van der Waals surface area contributed by atoms with Gasteiger partial charge in [0.05, 0.1) is 0 Å². The summed E-state index contributed by atoms with van der Waals surface area (Å²) in [4.78, 5) is 11.8. The highest BCUT2D eigenvalue weighted by molar-refractivity contribution is 5.75. The molecule has 0 saturated carbocycles. The number of nitrogens with zero attached hydrogens (tertiary/aromatic N) is 3. The summed E-state index contributed by atoms with van der Waals surface area (Å²) in [6.07, 6.45) is 7.22. The summed E-state index contributed by atoms with van der Waals surface area (Å²) in [5, 5.41) is 10.7. The van der Waals surface area contributed by atoms with Crippen LogP contribution in [0.4, 0.5) is 0 Å². The predicted molar refractivity (Wildman–Crippen MR) is 79.0 cm³/mol. The lowest BCUT2D eigenvalue weighted by atomic mass is 9.94. The van der Waals surface area contributed by atoms with Crippen molar-refractivity contribution in [3.63, 3.8) is 0 Å². The number of aromatic nitrogens is 3. The van der Waals surface area contributed by atoms with Gasteiger partial charge in [0.25, 0.3) is 0 Å². The summed E-state index contributed by atoms with van der Waals surface area (Å²) in [5.41, 5.74) is 5.60. The van der Waals surface area contributed by atoms with E-state index in [4.69, 9.17) is 5.73 Å². The molecular weight excluding hydrogens is 254 g/mol. The van der Waals surface area contributed by atoms with Gasteiger partial charge in [-0.25, -0.2) is 0 Å². The van der Waals surface area contributed by atoms with Crippen molar-refractivity contribution in [3.8, 4) is 0 Å². The minimum Gasteiger partial charge on any atom is -0.356 e. The standard InChI is InChI=1S/C14H27N5O/c1-3-4-12(7-9-15)5-6-14(20)16-10-8-13-18-17-11-19(13)2/h11-12H,3-10,15H2,1-2H3,(H,16,20). The number of carbonyl (C=O) groups excluding carboxylic acids is 1. The second kappa shape index (κ2) is 9.47. The lowest BCUT2D eigenvalue weighted by Crippen LogP contribution is -2.26. The maximum Gasteiger partial charge on any atom is 0.220 e. The highest BCUT2D eigenvalue weighted by Crippen LogP contribution is 2.16. The number of carbonyl (C=O) groups is 1. The number of hydrogen-bond acceptors (Lipinski definition) is 4. The predicted octanol–water partition coefficient (Wildman–Crippen LogP) is 1.02. The molecule has 0 aromatic carbocycles. The van der Waals surface area contributed by atoms with E-state index in [1.165, 1.54) is 0 Å². The molecule has 6 heteroatoms. The van der Waals surface area contributed by atoms with E-state index < -0.39 is 0 Å². The first-order valence-electron chi connectivity index (χ1n) is 7.47. The Morgan fingerprint density at radius 1 is 1.45 bits per heavy atom. The molecule has 20 heavy (non-hydrogen) atoms. The van der Waals surface area contributed by atoms with Gasteiger partial charge in [-0.3, -0.25) is 4.79 Å². The normalized spacial score (nSPS) is 12.3. The summed E-state index contributed by atoms with van der Waals surface area (Å²) in [6, 6.07) is 0. The molecule has 1 atom stereocenters. The van der Waals surface area contributed by atoms with Gasteiger partial charge in [-0.2, -0.15) is 0 Å². The SMILES string of the molecule is CCCC(CCN)CCC(=O)NCCc1nncn1C. The van der Waals surface area contributed by atoms with Crippen LogP contribution in [-0.2, 0) is 18.3 Å². The van der Waals surface area contributed by atoms with Gasteiger partial charge in [0.2, 0.25) is 5.91 Å². The number of nitrogens with one attached hydrogen (secondary N) is 1.